The van der Waals surface area contributed by atoms with E-state index in [9.17, 15) is 0 Å². The van der Waals surface area contributed by atoms with Crippen molar-refractivity contribution in [2.45, 2.75) is 45.3 Å². The van der Waals surface area contributed by atoms with Crippen molar-refractivity contribution in [2.24, 2.45) is 11.7 Å². The van der Waals surface area contributed by atoms with Gasteiger partial charge < -0.3 is 10.5 Å². The van der Waals surface area contributed by atoms with Gasteiger partial charge in [-0.2, -0.15) is 0 Å². The summed E-state index contributed by atoms with van der Waals surface area (Å²) in [5, 5.41) is 0. The third-order valence-electron chi connectivity index (χ3n) is 3.42. The Morgan fingerprint density at radius 3 is 2.31 bits per heavy atom. The Kier molecular flexibility index (Phi) is 3.83. The van der Waals surface area contributed by atoms with Crippen molar-refractivity contribution in [3.8, 4) is 5.75 Å². The summed E-state index contributed by atoms with van der Waals surface area (Å²) in [5.41, 5.74) is 6.72. The normalized spacial score (nSPS) is 25.4. The zero-order valence-corrected chi connectivity index (χ0v) is 9.99. The molecule has 0 unspecified atom stereocenters. The summed E-state index contributed by atoms with van der Waals surface area (Å²) in [4.78, 5) is 0. The van der Waals surface area contributed by atoms with Crippen LogP contribution in [0.2, 0.25) is 0 Å². The molecule has 2 heteroatoms. The Morgan fingerprint density at radius 1 is 1.12 bits per heavy atom. The van der Waals surface area contributed by atoms with Gasteiger partial charge in [0.2, 0.25) is 0 Å². The largest absolute Gasteiger partial charge is 0.490 e. The topological polar surface area (TPSA) is 35.2 Å². The van der Waals surface area contributed by atoms with Crippen LogP contribution in [0.25, 0.3) is 0 Å². The Labute approximate surface area is 97.8 Å². The van der Waals surface area contributed by atoms with Crippen LogP contribution in [0.1, 0.15) is 38.2 Å². The first-order valence-electron chi connectivity index (χ1n) is 6.23. The lowest BCUT2D eigenvalue weighted by Gasteiger charge is -2.26. The molecule has 1 saturated carbocycles. The highest BCUT2D eigenvalue weighted by atomic mass is 16.5. The van der Waals surface area contributed by atoms with Crippen LogP contribution < -0.4 is 10.5 Å². The number of nitrogens with two attached hydrogens (primary N) is 1. The first kappa shape index (κ1) is 11.5. The Balaban J connectivity index is 1.88. The van der Waals surface area contributed by atoms with E-state index >= 15 is 0 Å². The molecule has 1 aromatic carbocycles. The van der Waals surface area contributed by atoms with Crippen molar-refractivity contribution in [1.82, 2.24) is 0 Å². The SMILES string of the molecule is CC1CCC(Oc2ccc(CN)cc2)CC1. The van der Waals surface area contributed by atoms with Crippen molar-refractivity contribution < 1.29 is 4.74 Å². The molecule has 2 N–H and O–H groups in total. The molecule has 0 amide bonds. The standard InChI is InChI=1S/C14H21NO/c1-11-2-6-13(7-3-11)16-14-8-4-12(10-15)5-9-14/h4-5,8-9,11,13H,2-3,6-7,10,15H2,1H3. The van der Waals surface area contributed by atoms with Gasteiger partial charge in [-0.05, 0) is 49.3 Å². The maximum Gasteiger partial charge on any atom is 0.119 e. The fourth-order valence-corrected chi connectivity index (χ4v) is 2.24. The van der Waals surface area contributed by atoms with E-state index in [1.54, 1.807) is 0 Å². The molecule has 0 spiro atoms. The van der Waals surface area contributed by atoms with Gasteiger partial charge in [0, 0.05) is 6.54 Å². The van der Waals surface area contributed by atoms with Crippen molar-refractivity contribution in [3.05, 3.63) is 29.8 Å². The summed E-state index contributed by atoms with van der Waals surface area (Å²) in [6.07, 6.45) is 5.40. The second kappa shape index (κ2) is 5.35. The fourth-order valence-electron chi connectivity index (χ4n) is 2.24. The average Bonchev–Trinajstić information content (AvgIpc) is 2.33. The van der Waals surface area contributed by atoms with Gasteiger partial charge in [0.1, 0.15) is 5.75 Å². The van der Waals surface area contributed by atoms with Crippen LogP contribution in [0.3, 0.4) is 0 Å². The zero-order chi connectivity index (χ0) is 11.4. The molecular formula is C14H21NO. The van der Waals surface area contributed by atoms with Crippen molar-refractivity contribution >= 4 is 0 Å². The minimum Gasteiger partial charge on any atom is -0.490 e. The van der Waals surface area contributed by atoms with E-state index in [-0.39, 0.29) is 0 Å². The predicted octanol–water partition coefficient (Wildman–Crippen LogP) is 3.10. The van der Waals surface area contributed by atoms with Crippen molar-refractivity contribution in [2.75, 3.05) is 0 Å². The summed E-state index contributed by atoms with van der Waals surface area (Å²) in [5.74, 6) is 1.86. The molecule has 1 fully saturated rings. The van der Waals surface area contributed by atoms with E-state index in [0.717, 1.165) is 17.2 Å². The minimum absolute atomic E-state index is 0.417. The number of rotatable bonds is 3. The second-order valence-corrected chi connectivity index (χ2v) is 4.85. The molecule has 1 aliphatic rings. The monoisotopic (exact) mass is 219 g/mol. The predicted molar refractivity (Wildman–Crippen MR) is 66.4 cm³/mol. The molecule has 1 aromatic rings. The highest BCUT2D eigenvalue weighted by Crippen LogP contribution is 2.27. The van der Waals surface area contributed by atoms with E-state index in [1.165, 1.54) is 25.7 Å². The van der Waals surface area contributed by atoms with Crippen LogP contribution in [0.5, 0.6) is 5.75 Å². The fraction of sp³-hybridized carbons (Fsp3) is 0.571. The van der Waals surface area contributed by atoms with Gasteiger partial charge in [-0.1, -0.05) is 19.1 Å². The lowest BCUT2D eigenvalue weighted by atomic mass is 9.89. The van der Waals surface area contributed by atoms with Gasteiger partial charge in [0.05, 0.1) is 6.10 Å². The van der Waals surface area contributed by atoms with Gasteiger partial charge in [-0.15, -0.1) is 0 Å². The van der Waals surface area contributed by atoms with Gasteiger partial charge >= 0.3 is 0 Å². The van der Waals surface area contributed by atoms with Gasteiger partial charge in [-0.25, -0.2) is 0 Å². The molecular weight excluding hydrogens is 198 g/mol. The summed E-state index contributed by atoms with van der Waals surface area (Å²) < 4.78 is 5.96. The first-order valence-corrected chi connectivity index (χ1v) is 6.23. The van der Waals surface area contributed by atoms with E-state index < -0.39 is 0 Å². The molecule has 1 aliphatic carbocycles. The molecule has 0 radical (unpaired) electrons. The molecule has 0 bridgehead atoms. The van der Waals surface area contributed by atoms with Crippen LogP contribution in [0.4, 0.5) is 0 Å². The third kappa shape index (κ3) is 2.99. The first-order chi connectivity index (χ1) is 7.78. The van der Waals surface area contributed by atoms with Gasteiger partial charge in [0.25, 0.3) is 0 Å². The highest BCUT2D eigenvalue weighted by molar-refractivity contribution is 5.27. The van der Waals surface area contributed by atoms with E-state index in [1.807, 2.05) is 24.3 Å². The quantitative estimate of drug-likeness (QED) is 0.847. The zero-order valence-electron chi connectivity index (χ0n) is 9.99. The van der Waals surface area contributed by atoms with E-state index in [2.05, 4.69) is 6.92 Å². The van der Waals surface area contributed by atoms with Crippen LogP contribution in [0.15, 0.2) is 24.3 Å². The smallest absolute Gasteiger partial charge is 0.119 e. The molecule has 2 nitrogen and oxygen atoms in total. The van der Waals surface area contributed by atoms with Crippen molar-refractivity contribution in [1.29, 1.82) is 0 Å². The minimum atomic E-state index is 0.417. The van der Waals surface area contributed by atoms with Crippen LogP contribution in [-0.2, 0) is 6.54 Å². The number of ether oxygens (including phenoxy) is 1. The maximum atomic E-state index is 5.96. The number of hydrogen-bond acceptors (Lipinski definition) is 2. The van der Waals surface area contributed by atoms with Crippen LogP contribution >= 0.6 is 0 Å². The van der Waals surface area contributed by atoms with Crippen molar-refractivity contribution in [3.63, 3.8) is 0 Å². The molecule has 0 aromatic heterocycles. The Bertz CT molecular complexity index is 312. The average molecular weight is 219 g/mol. The summed E-state index contributed by atoms with van der Waals surface area (Å²) in [6.45, 7) is 2.92. The Morgan fingerprint density at radius 2 is 1.75 bits per heavy atom. The lowest BCUT2D eigenvalue weighted by Crippen LogP contribution is -2.22. The Hall–Kier alpha value is -1.02. The molecule has 0 heterocycles. The van der Waals surface area contributed by atoms with E-state index in [0.29, 0.717) is 12.6 Å². The summed E-state index contributed by atoms with van der Waals surface area (Å²) >= 11 is 0. The van der Waals surface area contributed by atoms with Gasteiger partial charge in [0.15, 0.2) is 0 Å². The number of hydrogen-bond donors (Lipinski definition) is 1. The van der Waals surface area contributed by atoms with Crippen LogP contribution in [-0.4, -0.2) is 6.10 Å². The molecule has 16 heavy (non-hydrogen) atoms. The molecule has 0 aliphatic heterocycles. The molecule has 0 saturated heterocycles. The lowest BCUT2D eigenvalue weighted by molar-refractivity contribution is 0.135. The molecule has 0 atom stereocenters. The van der Waals surface area contributed by atoms with Crippen LogP contribution in [0, 0.1) is 5.92 Å². The molecule has 88 valence electrons. The summed E-state index contributed by atoms with van der Waals surface area (Å²) in [7, 11) is 0. The molecule has 2 rings (SSSR count). The van der Waals surface area contributed by atoms with Gasteiger partial charge in [-0.3, -0.25) is 0 Å². The third-order valence-corrected chi connectivity index (χ3v) is 3.42. The number of benzene rings is 1. The second-order valence-electron chi connectivity index (χ2n) is 4.85. The maximum absolute atomic E-state index is 5.96. The highest BCUT2D eigenvalue weighted by Gasteiger charge is 2.19. The van der Waals surface area contributed by atoms with E-state index in [4.69, 9.17) is 10.5 Å². The summed E-state index contributed by atoms with van der Waals surface area (Å²) in [6, 6.07) is 8.14.